The fourth-order valence-electron chi connectivity index (χ4n) is 18.0. The van der Waals surface area contributed by atoms with Crippen LogP contribution in [0.2, 0.25) is 0 Å². The van der Waals surface area contributed by atoms with E-state index in [-0.39, 0.29) is 78.6 Å². The summed E-state index contributed by atoms with van der Waals surface area (Å²) in [7, 11) is 5.51. The zero-order chi connectivity index (χ0) is 89.5. The molecule has 8 aliphatic rings. The maximum absolute atomic E-state index is 14.3. The van der Waals surface area contributed by atoms with Gasteiger partial charge in [-0.05, 0) is 184 Å². The van der Waals surface area contributed by atoms with E-state index in [2.05, 4.69) is 31.9 Å². The molecular formula is C94H97N10O20-. The van der Waals surface area contributed by atoms with Crippen LogP contribution < -0.4 is 46.6 Å². The van der Waals surface area contributed by atoms with Gasteiger partial charge in [0.25, 0.3) is 0 Å². The number of carbonyl (C=O) groups is 10. The van der Waals surface area contributed by atoms with E-state index in [1.165, 1.54) is 0 Å². The molecule has 0 radical (unpaired) electrons. The smallest absolute Gasteiger partial charge is 0.338 e. The molecule has 8 aliphatic heterocycles. The lowest BCUT2D eigenvalue weighted by Crippen LogP contribution is -2.49. The van der Waals surface area contributed by atoms with Gasteiger partial charge in [0.05, 0.1) is 134 Å². The largest absolute Gasteiger partial charge is 0.548 e. The number of allylic oxidation sites excluding steroid dienone is 6. The second kappa shape index (κ2) is 35.9. The van der Waals surface area contributed by atoms with Crippen molar-refractivity contribution < 1.29 is 97.5 Å². The van der Waals surface area contributed by atoms with Gasteiger partial charge in [-0.3, -0.25) is 38.8 Å². The number of esters is 2. The Hall–Kier alpha value is -14.1. The van der Waals surface area contributed by atoms with E-state index in [1.807, 2.05) is 162 Å². The molecule has 30 heteroatoms. The van der Waals surface area contributed by atoms with Gasteiger partial charge in [-0.25, -0.2) is 24.4 Å². The Morgan fingerprint density at radius 2 is 0.887 bits per heavy atom. The molecule has 4 aromatic heterocycles. The van der Waals surface area contributed by atoms with Crippen molar-refractivity contribution in [1.29, 1.82) is 0 Å². The maximum atomic E-state index is 14.3. The molecule has 0 aliphatic carbocycles. The lowest BCUT2D eigenvalue weighted by molar-refractivity contribution is -0.308. The van der Waals surface area contributed by atoms with Gasteiger partial charge >= 0.3 is 41.8 Å². The molecule has 0 unspecified atom stereocenters. The summed E-state index contributed by atoms with van der Waals surface area (Å²) in [5.41, 5.74) is 16.5. The van der Waals surface area contributed by atoms with Crippen LogP contribution in [0.4, 0.5) is 0 Å². The fraction of sp³-hybridized carbons (Fsp3) is 0.340. The first kappa shape index (κ1) is 87.7. The maximum Gasteiger partial charge on any atom is 0.338 e. The zero-order valence-electron chi connectivity index (χ0n) is 71.3. The number of ether oxygens (including phenoxy) is 4. The summed E-state index contributed by atoms with van der Waals surface area (Å²) in [4.78, 5) is 149. The Morgan fingerprint density at radius 1 is 0.484 bits per heavy atom. The van der Waals surface area contributed by atoms with Gasteiger partial charge in [0, 0.05) is 92.3 Å². The van der Waals surface area contributed by atoms with Gasteiger partial charge in [-0.15, -0.1) is 0 Å². The predicted molar refractivity (Wildman–Crippen MR) is 465 cm³/mol. The highest BCUT2D eigenvalue weighted by atomic mass is 16.5. The number of amides is 2. The number of carbonyl (C=O) groups excluding carboxylic acids is 5. The number of nitrogens with zero attached hydrogens (tertiary/aromatic N) is 8. The average molecular weight is 1690 g/mol. The average Bonchev–Trinajstić information content (AvgIpc) is 1.57. The molecule has 0 spiro atoms. The number of fused-ring (bicyclic) bond motifs is 4. The minimum absolute atomic E-state index is 0.0474. The summed E-state index contributed by atoms with van der Waals surface area (Å²) >= 11 is 0. The molecule has 14 rings (SSSR count). The van der Waals surface area contributed by atoms with Crippen LogP contribution >= 0.6 is 0 Å². The van der Waals surface area contributed by atoms with Crippen LogP contribution in [0.25, 0.3) is 71.9 Å². The van der Waals surface area contributed by atoms with E-state index < -0.39 is 115 Å². The number of benzene rings is 2. The molecule has 2 amide bonds. The number of aliphatic carboxylic acids is 4. The van der Waals surface area contributed by atoms with E-state index in [0.29, 0.717) is 75.3 Å². The highest BCUT2D eigenvalue weighted by molar-refractivity contribution is 6.25. The first-order valence-corrected chi connectivity index (χ1v) is 40.8. The molecule has 0 saturated carbocycles. The highest BCUT2D eigenvalue weighted by Gasteiger charge is 2.43. The molecule has 30 nitrogen and oxygen atoms in total. The number of aliphatic imine (C=N–C) groups is 4. The van der Waals surface area contributed by atoms with Crippen molar-refractivity contribution >= 4 is 154 Å². The molecule has 124 heavy (non-hydrogen) atoms. The number of nitrogens with one attached hydrogen (secondary N) is 2. The number of carboxylic acids is 6. The fourth-order valence-corrected chi connectivity index (χ4v) is 18.0. The first-order chi connectivity index (χ1) is 59.1. The van der Waals surface area contributed by atoms with Crippen molar-refractivity contribution in [3.63, 3.8) is 0 Å². The lowest BCUT2D eigenvalue weighted by Gasteiger charge is -2.23. The molecule has 6 aromatic rings. The van der Waals surface area contributed by atoms with E-state index in [9.17, 15) is 78.6 Å². The third kappa shape index (κ3) is 16.9. The number of aromatic nitrogens is 4. The van der Waals surface area contributed by atoms with Crippen LogP contribution in [-0.2, 0) is 61.2 Å². The van der Waals surface area contributed by atoms with Crippen LogP contribution in [0.1, 0.15) is 194 Å². The van der Waals surface area contributed by atoms with Gasteiger partial charge in [0.15, 0.2) is 0 Å². The Labute approximate surface area is 713 Å². The second-order valence-electron chi connectivity index (χ2n) is 31.7. The van der Waals surface area contributed by atoms with Crippen molar-refractivity contribution in [2.75, 3.05) is 28.4 Å². The minimum atomic E-state index is -1.89. The van der Waals surface area contributed by atoms with Crippen LogP contribution in [-0.4, -0.2) is 167 Å². The lowest BCUT2D eigenvalue weighted by atomic mass is 9.84. The van der Waals surface area contributed by atoms with Crippen molar-refractivity contribution in [2.45, 2.75) is 159 Å². The molecule has 12 bridgehead atoms. The van der Waals surface area contributed by atoms with Crippen LogP contribution in [0.3, 0.4) is 0 Å². The van der Waals surface area contributed by atoms with Crippen molar-refractivity contribution in [3.8, 4) is 11.5 Å². The monoisotopic (exact) mass is 1690 g/mol. The van der Waals surface area contributed by atoms with E-state index >= 15 is 0 Å². The Bertz CT molecular complexity index is 6300. The molecule has 2 aromatic carbocycles. The van der Waals surface area contributed by atoms with E-state index in [0.717, 1.165) is 108 Å². The second-order valence-corrected chi connectivity index (χ2v) is 31.7. The molecule has 6 atom stereocenters. The molecule has 0 saturated heterocycles. The standard InChI is InChI=1S/C48H51N5O10.C46H47N5O10/c1-9-30-24(2)34-20-40-31(15-12-28-10-13-29(61-6)14-11-28)26(4)38-19-35-25(3)32(16-17-42(55)56)45(51-35)33(18-41(54)50-37(48(60)63-8)22-43(57)62-7)46-44(47(58)59)27(5)39(21-36(30)49-34)53(46)23-52(38)40;1-7-28-22(2)32-18-38-29(13-10-26-8-11-27(61-6)12-9-26)24(4)36-17-33-23(3)30(14-15-40(53)54)43(49-33)31(16-39(52)48-35(45(57)58)20-41(55)56)44-42(46(59)60)25(5)37(19-34(28)47-32)51(44)21-50(36)38/h10-15,19-21,25,32,37H,9,16-18,22-23H2,1-8H3,(H,50,54)(H,55,56)(H,58,59);8-13,17-19,23,30,35H,7,14-16,20-21H2,1-6H3,(H,48,52)(H,53,54)(H,55,56)(H,57,58)(H,59,60)/p-1/b15-12+,34-20?,35-19?,36-21?,38-19?,39-21?,40-20?,45-33?,46-33?;13-10+,32-18?,33-17?,34-19?,36-17?,37-19?,38-18?,43-31?,44-31?/t25-,32-,37-;23-,30-,35-/m00/s1. The number of carboxylic acid groups (broad SMARTS) is 6. The van der Waals surface area contributed by atoms with Crippen LogP contribution in [0.5, 0.6) is 11.5 Å². The Morgan fingerprint density at radius 3 is 1.23 bits per heavy atom. The zero-order valence-corrected chi connectivity index (χ0v) is 71.3. The minimum Gasteiger partial charge on any atom is -0.548 e. The molecule has 644 valence electrons. The number of hydrogen-bond donors (Lipinski definition) is 7. The van der Waals surface area contributed by atoms with Gasteiger partial charge < -0.3 is 83.3 Å². The normalized spacial score (nSPS) is 18.0. The number of methoxy groups -OCH3 is 4. The number of aromatic carboxylic acids is 2. The highest BCUT2D eigenvalue weighted by Crippen LogP contribution is 2.47. The van der Waals surface area contributed by atoms with Gasteiger partial charge in [0.1, 0.15) is 30.9 Å². The van der Waals surface area contributed by atoms with Crippen LogP contribution in [0, 0.1) is 51.4 Å². The number of hydrogen-bond acceptors (Lipinski definition) is 19. The summed E-state index contributed by atoms with van der Waals surface area (Å²) in [6.07, 6.45) is 18.4. The molecule has 12 heterocycles. The van der Waals surface area contributed by atoms with Crippen molar-refractivity contribution in [2.24, 2.45) is 43.6 Å². The van der Waals surface area contributed by atoms with Gasteiger partial charge in [-0.1, -0.05) is 76.3 Å². The summed E-state index contributed by atoms with van der Waals surface area (Å²) in [5, 5.41) is 71.5. The Balaban J connectivity index is 0.000000213. The SMILES string of the molecule is CCC1=C(C)C2=NC1=Cc1c(C)c(C(=O)O)c3n1Cn1c(c(C)c(/C=C/c4ccc(OC)cc4)c1=C2)=CC1=NC(=C3CC(=O)N[C@@H](CC(=O)O)C(=O)[O-])[C@@H](CCC(=O)O)[C@@H]1C.CCC1=C(C)C2=NC1=Cc1c(C)c(C(=O)O)c3n1Cn1c(c(C)c(/C=C/c4ccc(OC)cc4)c1=C2)=CC1=NC(=C3CC(=O)N[C@@H](CC(=O)OC)C(=O)OC)[C@@H](CCC(=O)O)[C@@H]1C. The van der Waals surface area contributed by atoms with Crippen LogP contribution in [0.15, 0.2) is 114 Å². The van der Waals surface area contributed by atoms with Crippen molar-refractivity contribution in [1.82, 2.24) is 28.9 Å². The first-order valence-electron chi connectivity index (χ1n) is 40.8. The number of rotatable bonds is 28. The van der Waals surface area contributed by atoms with Crippen molar-refractivity contribution in [3.05, 3.63) is 193 Å². The van der Waals surface area contributed by atoms with E-state index in [4.69, 9.17) is 38.9 Å². The third-order valence-electron chi connectivity index (χ3n) is 24.6. The molecular weight excluding hydrogens is 1590 g/mol. The molecule has 0 fully saturated rings. The predicted octanol–water partition coefficient (Wildman–Crippen LogP) is 9.08. The summed E-state index contributed by atoms with van der Waals surface area (Å²) in [6, 6.07) is 12.1. The quantitative estimate of drug-likeness (QED) is 0.0225. The topological polar surface area (TPSA) is 425 Å². The summed E-state index contributed by atoms with van der Waals surface area (Å²) < 4.78 is 28.3. The van der Waals surface area contributed by atoms with E-state index in [1.54, 1.807) is 28.1 Å². The third-order valence-corrected chi connectivity index (χ3v) is 24.6. The summed E-state index contributed by atoms with van der Waals surface area (Å²) in [5.74, 6) is -11.7. The van der Waals surface area contributed by atoms with Gasteiger partial charge in [0.2, 0.25) is 11.8 Å². The summed E-state index contributed by atoms with van der Waals surface area (Å²) in [6.45, 7) is 19.6. The Kier molecular flexibility index (Phi) is 25.4. The molecule has 7 N–H and O–H groups in total. The van der Waals surface area contributed by atoms with Gasteiger partial charge in [-0.2, -0.15) is 0 Å².